The molecular weight excluding hydrogens is 226 g/mol. The van der Waals surface area contributed by atoms with Gasteiger partial charge in [-0.05, 0) is 19.8 Å². The molecule has 0 spiro atoms. The van der Waals surface area contributed by atoms with Crippen LogP contribution in [0.1, 0.15) is 34.6 Å². The highest BCUT2D eigenvalue weighted by atomic mass is 16.2. The van der Waals surface area contributed by atoms with Gasteiger partial charge in [-0.3, -0.25) is 14.5 Å². The van der Waals surface area contributed by atoms with Crippen LogP contribution in [-0.4, -0.2) is 23.8 Å². The number of fused-ring (bicyclic) bond motifs is 5. The van der Waals surface area contributed by atoms with Gasteiger partial charge in [-0.15, -0.1) is 0 Å². The summed E-state index contributed by atoms with van der Waals surface area (Å²) >= 11 is 0. The highest BCUT2D eigenvalue weighted by molar-refractivity contribution is 6.07. The lowest BCUT2D eigenvalue weighted by Gasteiger charge is -2.34. The SMILES string of the molecule is CC1=C(C)C2(C)C3C(=O)N(C)C(=O)C3C1(C)C2C. The summed E-state index contributed by atoms with van der Waals surface area (Å²) in [5.74, 6) is 0.129. The zero-order chi connectivity index (χ0) is 13.6. The van der Waals surface area contributed by atoms with Crippen LogP contribution < -0.4 is 0 Å². The molecule has 0 radical (unpaired) electrons. The number of likely N-dealkylation sites (tertiary alicyclic amines) is 1. The van der Waals surface area contributed by atoms with Gasteiger partial charge in [0.15, 0.2) is 0 Å². The molecule has 0 N–H and O–H groups in total. The average Bonchev–Trinajstić information content (AvgIpc) is 2.72. The molecule has 2 bridgehead atoms. The molecule has 4 unspecified atom stereocenters. The number of rotatable bonds is 0. The van der Waals surface area contributed by atoms with Gasteiger partial charge >= 0.3 is 0 Å². The Morgan fingerprint density at radius 3 is 1.61 bits per heavy atom. The van der Waals surface area contributed by atoms with Crippen LogP contribution >= 0.6 is 0 Å². The number of carbonyl (C=O) groups excluding carboxylic acids is 2. The maximum atomic E-state index is 12.4. The number of imide groups is 1. The predicted molar refractivity (Wildman–Crippen MR) is 68.5 cm³/mol. The van der Waals surface area contributed by atoms with E-state index < -0.39 is 0 Å². The summed E-state index contributed by atoms with van der Waals surface area (Å²) in [4.78, 5) is 26.2. The van der Waals surface area contributed by atoms with Crippen molar-refractivity contribution in [3.63, 3.8) is 0 Å². The lowest BCUT2D eigenvalue weighted by atomic mass is 9.66. The number of allylic oxidation sites excluding steroid dienone is 2. The molecule has 1 saturated heterocycles. The van der Waals surface area contributed by atoms with E-state index in [4.69, 9.17) is 0 Å². The Bertz CT molecular complexity index is 477. The largest absolute Gasteiger partial charge is 0.285 e. The van der Waals surface area contributed by atoms with Crippen molar-refractivity contribution < 1.29 is 9.59 Å². The minimum absolute atomic E-state index is 0.0231. The molecule has 3 nitrogen and oxygen atoms in total. The first-order valence-corrected chi connectivity index (χ1v) is 6.70. The molecule has 3 rings (SSSR count). The van der Waals surface area contributed by atoms with E-state index in [9.17, 15) is 9.59 Å². The summed E-state index contributed by atoms with van der Waals surface area (Å²) in [6.45, 7) is 10.8. The Morgan fingerprint density at radius 2 is 1.28 bits per heavy atom. The van der Waals surface area contributed by atoms with Crippen molar-refractivity contribution in [1.29, 1.82) is 0 Å². The minimum atomic E-state index is -0.140. The fourth-order valence-corrected chi connectivity index (χ4v) is 5.10. The number of nitrogens with zero attached hydrogens (tertiary/aromatic N) is 1. The van der Waals surface area contributed by atoms with Gasteiger partial charge in [-0.25, -0.2) is 0 Å². The molecule has 0 aromatic rings. The van der Waals surface area contributed by atoms with Crippen LogP contribution in [0.15, 0.2) is 11.1 Å². The third kappa shape index (κ3) is 0.827. The van der Waals surface area contributed by atoms with Gasteiger partial charge in [0.2, 0.25) is 11.8 Å². The van der Waals surface area contributed by atoms with Crippen LogP contribution in [0.2, 0.25) is 0 Å². The predicted octanol–water partition coefficient (Wildman–Crippen LogP) is 2.23. The Balaban J connectivity index is 2.30. The highest BCUT2D eigenvalue weighted by Gasteiger charge is 2.74. The first-order chi connectivity index (χ1) is 8.20. The molecule has 2 aliphatic carbocycles. The molecule has 2 fully saturated rings. The van der Waals surface area contributed by atoms with Crippen LogP contribution in [0.25, 0.3) is 0 Å². The monoisotopic (exact) mass is 247 g/mol. The normalized spacial score (nSPS) is 50.6. The third-order valence-corrected chi connectivity index (χ3v) is 6.80. The van der Waals surface area contributed by atoms with Gasteiger partial charge in [0.05, 0.1) is 11.8 Å². The van der Waals surface area contributed by atoms with Crippen LogP contribution in [0.4, 0.5) is 0 Å². The van der Waals surface area contributed by atoms with Gasteiger partial charge in [-0.1, -0.05) is 31.9 Å². The van der Waals surface area contributed by atoms with E-state index in [0.717, 1.165) is 0 Å². The molecule has 3 aliphatic rings. The highest BCUT2D eigenvalue weighted by Crippen LogP contribution is 2.73. The van der Waals surface area contributed by atoms with Crippen molar-refractivity contribution in [1.82, 2.24) is 4.90 Å². The van der Waals surface area contributed by atoms with E-state index >= 15 is 0 Å². The Kier molecular flexibility index (Phi) is 1.92. The molecule has 3 heteroatoms. The second-order valence-corrected chi connectivity index (χ2v) is 6.73. The Hall–Kier alpha value is -1.12. The minimum Gasteiger partial charge on any atom is -0.285 e. The molecule has 2 amide bonds. The topological polar surface area (TPSA) is 37.4 Å². The first kappa shape index (κ1) is 11.9. The van der Waals surface area contributed by atoms with E-state index in [1.54, 1.807) is 7.05 Å². The number of carbonyl (C=O) groups is 2. The standard InChI is InChI=1S/C15H21NO2/c1-7-8(2)15(5)9(3)14(7,4)10-11(15)13(18)16(6)12(10)17/h9-11H,1-6H3. The lowest BCUT2D eigenvalue weighted by Crippen LogP contribution is -2.36. The summed E-state index contributed by atoms with van der Waals surface area (Å²) in [5, 5.41) is 0. The van der Waals surface area contributed by atoms with E-state index in [1.165, 1.54) is 16.0 Å². The van der Waals surface area contributed by atoms with Crippen molar-refractivity contribution >= 4 is 11.8 Å². The van der Waals surface area contributed by atoms with E-state index in [2.05, 4.69) is 34.6 Å². The molecule has 4 atom stereocenters. The number of amides is 2. The lowest BCUT2D eigenvalue weighted by molar-refractivity contribution is -0.140. The second kappa shape index (κ2) is 2.89. The van der Waals surface area contributed by atoms with Crippen molar-refractivity contribution in [2.24, 2.45) is 28.6 Å². The van der Waals surface area contributed by atoms with Crippen molar-refractivity contribution in [2.75, 3.05) is 7.05 Å². The molecular formula is C15H21NO2. The van der Waals surface area contributed by atoms with Crippen LogP contribution in [-0.2, 0) is 9.59 Å². The van der Waals surface area contributed by atoms with Crippen LogP contribution in [0.3, 0.4) is 0 Å². The van der Waals surface area contributed by atoms with Crippen molar-refractivity contribution in [2.45, 2.75) is 34.6 Å². The van der Waals surface area contributed by atoms with Gasteiger partial charge in [-0.2, -0.15) is 0 Å². The molecule has 1 aliphatic heterocycles. The summed E-state index contributed by atoms with van der Waals surface area (Å²) in [6.07, 6.45) is 0. The Morgan fingerprint density at radius 1 is 0.944 bits per heavy atom. The maximum Gasteiger partial charge on any atom is 0.233 e. The zero-order valence-electron chi connectivity index (χ0n) is 12.0. The third-order valence-electron chi connectivity index (χ3n) is 6.80. The van der Waals surface area contributed by atoms with E-state index in [1.807, 2.05) is 0 Å². The maximum absolute atomic E-state index is 12.4. The quantitative estimate of drug-likeness (QED) is 0.486. The summed E-state index contributed by atoms with van der Waals surface area (Å²) < 4.78 is 0. The molecule has 0 aromatic carbocycles. The van der Waals surface area contributed by atoms with Crippen LogP contribution in [0, 0.1) is 28.6 Å². The summed E-state index contributed by atoms with van der Waals surface area (Å²) in [5.41, 5.74) is 2.38. The van der Waals surface area contributed by atoms with E-state index in [-0.39, 0.29) is 34.5 Å². The van der Waals surface area contributed by atoms with Gasteiger partial charge < -0.3 is 0 Å². The second-order valence-electron chi connectivity index (χ2n) is 6.73. The molecule has 0 aromatic heterocycles. The molecule has 18 heavy (non-hydrogen) atoms. The van der Waals surface area contributed by atoms with Crippen molar-refractivity contribution in [3.05, 3.63) is 11.1 Å². The fourth-order valence-electron chi connectivity index (χ4n) is 5.10. The van der Waals surface area contributed by atoms with Gasteiger partial charge in [0, 0.05) is 17.9 Å². The summed E-state index contributed by atoms with van der Waals surface area (Å²) in [6, 6.07) is 0. The van der Waals surface area contributed by atoms with Crippen LogP contribution in [0.5, 0.6) is 0 Å². The average molecular weight is 247 g/mol. The van der Waals surface area contributed by atoms with Crippen molar-refractivity contribution in [3.8, 4) is 0 Å². The van der Waals surface area contributed by atoms with Gasteiger partial charge in [0.1, 0.15) is 0 Å². The first-order valence-electron chi connectivity index (χ1n) is 6.70. The smallest absolute Gasteiger partial charge is 0.233 e. The molecule has 1 heterocycles. The number of hydrogen-bond donors (Lipinski definition) is 0. The Labute approximate surface area is 108 Å². The van der Waals surface area contributed by atoms with E-state index in [0.29, 0.717) is 5.92 Å². The van der Waals surface area contributed by atoms with Gasteiger partial charge in [0.25, 0.3) is 0 Å². The molecule has 98 valence electrons. The molecule has 1 saturated carbocycles. The number of hydrogen-bond acceptors (Lipinski definition) is 2. The summed E-state index contributed by atoms with van der Waals surface area (Å²) in [7, 11) is 1.63. The zero-order valence-corrected chi connectivity index (χ0v) is 12.0. The fraction of sp³-hybridized carbons (Fsp3) is 0.733.